The van der Waals surface area contributed by atoms with Gasteiger partial charge in [0.1, 0.15) is 0 Å². The van der Waals surface area contributed by atoms with Crippen molar-refractivity contribution in [2.24, 2.45) is 5.73 Å². The van der Waals surface area contributed by atoms with E-state index < -0.39 is 5.91 Å². The third kappa shape index (κ3) is 4.62. The van der Waals surface area contributed by atoms with Crippen LogP contribution in [-0.2, 0) is 11.3 Å². The number of nitrogens with one attached hydrogen (secondary N) is 1. The Morgan fingerprint density at radius 3 is 2.58 bits per heavy atom. The third-order valence-corrected chi connectivity index (χ3v) is 5.01. The Bertz CT molecular complexity index is 1320. The maximum Gasteiger partial charge on any atom is 0.256 e. The van der Waals surface area contributed by atoms with Crippen LogP contribution in [-0.4, -0.2) is 40.3 Å². The van der Waals surface area contributed by atoms with Gasteiger partial charge in [-0.1, -0.05) is 30.3 Å². The molecule has 2 aromatic heterocycles. The lowest BCUT2D eigenvalue weighted by Gasteiger charge is -2.13. The first-order chi connectivity index (χ1) is 16.0. The van der Waals surface area contributed by atoms with Gasteiger partial charge in [-0.25, -0.2) is 9.67 Å². The van der Waals surface area contributed by atoms with E-state index in [-0.39, 0.29) is 18.3 Å². The number of pyridine rings is 1. The Morgan fingerprint density at radius 1 is 1.09 bits per heavy atom. The number of carbonyl (C=O) groups is 2. The van der Waals surface area contributed by atoms with E-state index in [0.717, 1.165) is 5.56 Å². The molecular formula is C24H23N5O4. The second-order valence-corrected chi connectivity index (χ2v) is 7.19. The summed E-state index contributed by atoms with van der Waals surface area (Å²) in [6, 6.07) is 16.3. The molecule has 0 aliphatic carbocycles. The summed E-state index contributed by atoms with van der Waals surface area (Å²) in [5, 5.41) is 7.90. The maximum absolute atomic E-state index is 13.3. The van der Waals surface area contributed by atoms with Crippen LogP contribution in [0, 0.1) is 0 Å². The van der Waals surface area contributed by atoms with E-state index in [1.807, 2.05) is 37.3 Å². The maximum atomic E-state index is 13.3. The smallest absolute Gasteiger partial charge is 0.256 e. The molecule has 9 heteroatoms. The SMILES string of the molecule is CCn1ncc2c(C(=O)Nc3ccc(OC)c(OCC(N)=O)c3)cc(-c3ccccc3)nc21. The van der Waals surface area contributed by atoms with Gasteiger partial charge in [-0.15, -0.1) is 0 Å². The number of carbonyl (C=O) groups excluding carboxylic acids is 2. The summed E-state index contributed by atoms with van der Waals surface area (Å²) in [6.45, 7) is 2.28. The molecule has 168 valence electrons. The van der Waals surface area contributed by atoms with Crippen molar-refractivity contribution in [1.29, 1.82) is 0 Å². The summed E-state index contributed by atoms with van der Waals surface area (Å²) in [6.07, 6.45) is 1.64. The molecule has 0 radical (unpaired) electrons. The fraction of sp³-hybridized carbons (Fsp3) is 0.167. The number of amides is 2. The first-order valence-corrected chi connectivity index (χ1v) is 10.3. The number of methoxy groups -OCH3 is 1. The molecule has 4 aromatic rings. The van der Waals surface area contributed by atoms with Crippen molar-refractivity contribution in [3.05, 3.63) is 66.4 Å². The lowest BCUT2D eigenvalue weighted by molar-refractivity contribution is -0.119. The van der Waals surface area contributed by atoms with Crippen molar-refractivity contribution >= 4 is 28.5 Å². The van der Waals surface area contributed by atoms with Crippen molar-refractivity contribution in [2.75, 3.05) is 19.0 Å². The number of hydrogen-bond donors (Lipinski definition) is 2. The summed E-state index contributed by atoms with van der Waals surface area (Å²) in [7, 11) is 1.48. The van der Waals surface area contributed by atoms with E-state index in [4.69, 9.17) is 20.2 Å². The Balaban J connectivity index is 1.72. The summed E-state index contributed by atoms with van der Waals surface area (Å²) in [5.74, 6) is -0.248. The second kappa shape index (κ2) is 9.39. The average molecular weight is 445 g/mol. The van der Waals surface area contributed by atoms with Crippen LogP contribution in [0.3, 0.4) is 0 Å². The number of aromatic nitrogens is 3. The van der Waals surface area contributed by atoms with E-state index in [2.05, 4.69) is 10.4 Å². The first kappa shape index (κ1) is 21.8. The number of nitrogens with two attached hydrogens (primary N) is 1. The van der Waals surface area contributed by atoms with Crippen LogP contribution in [0.1, 0.15) is 17.3 Å². The average Bonchev–Trinajstić information content (AvgIpc) is 3.25. The van der Waals surface area contributed by atoms with Gasteiger partial charge in [-0.2, -0.15) is 5.10 Å². The van der Waals surface area contributed by atoms with Crippen LogP contribution in [0.15, 0.2) is 60.8 Å². The predicted molar refractivity (Wildman–Crippen MR) is 124 cm³/mol. The molecule has 0 aliphatic heterocycles. The molecular weight excluding hydrogens is 422 g/mol. The molecule has 0 spiro atoms. The molecule has 0 bridgehead atoms. The Hall–Kier alpha value is -4.40. The fourth-order valence-electron chi connectivity index (χ4n) is 3.44. The summed E-state index contributed by atoms with van der Waals surface area (Å²) in [5.41, 5.74) is 8.26. The lowest BCUT2D eigenvalue weighted by Crippen LogP contribution is -2.20. The minimum Gasteiger partial charge on any atom is -0.493 e. The van der Waals surface area contributed by atoms with Crippen LogP contribution in [0.25, 0.3) is 22.3 Å². The number of rotatable bonds is 8. The highest BCUT2D eigenvalue weighted by Crippen LogP contribution is 2.31. The third-order valence-electron chi connectivity index (χ3n) is 5.01. The largest absolute Gasteiger partial charge is 0.493 e. The van der Waals surface area contributed by atoms with Gasteiger partial charge in [-0.3, -0.25) is 9.59 Å². The second-order valence-electron chi connectivity index (χ2n) is 7.19. The molecule has 4 rings (SSSR count). The molecule has 2 heterocycles. The van der Waals surface area contributed by atoms with Gasteiger partial charge in [0, 0.05) is 23.9 Å². The van der Waals surface area contributed by atoms with Crippen molar-refractivity contribution in [3.63, 3.8) is 0 Å². The van der Waals surface area contributed by atoms with Crippen molar-refractivity contribution in [1.82, 2.24) is 14.8 Å². The van der Waals surface area contributed by atoms with Crippen LogP contribution in [0.5, 0.6) is 11.5 Å². The minimum atomic E-state index is -0.618. The zero-order chi connectivity index (χ0) is 23.4. The topological polar surface area (TPSA) is 121 Å². The number of nitrogens with zero attached hydrogens (tertiary/aromatic N) is 3. The van der Waals surface area contributed by atoms with Gasteiger partial charge in [0.15, 0.2) is 23.8 Å². The predicted octanol–water partition coefficient (Wildman–Crippen LogP) is 3.24. The molecule has 3 N–H and O–H groups in total. The van der Waals surface area contributed by atoms with Gasteiger partial charge >= 0.3 is 0 Å². The van der Waals surface area contributed by atoms with Gasteiger partial charge < -0.3 is 20.5 Å². The number of hydrogen-bond acceptors (Lipinski definition) is 6. The molecule has 0 aliphatic rings. The van der Waals surface area contributed by atoms with E-state index in [9.17, 15) is 9.59 Å². The molecule has 9 nitrogen and oxygen atoms in total. The van der Waals surface area contributed by atoms with Crippen LogP contribution < -0.4 is 20.5 Å². The number of aryl methyl sites for hydroxylation is 1. The Kier molecular flexibility index (Phi) is 6.21. The molecule has 2 aromatic carbocycles. The van der Waals surface area contributed by atoms with E-state index in [1.165, 1.54) is 7.11 Å². The molecule has 0 unspecified atom stereocenters. The first-order valence-electron chi connectivity index (χ1n) is 10.3. The number of fused-ring (bicyclic) bond motifs is 1. The highest BCUT2D eigenvalue weighted by atomic mass is 16.5. The van der Waals surface area contributed by atoms with Crippen molar-refractivity contribution in [3.8, 4) is 22.8 Å². The van der Waals surface area contributed by atoms with Crippen molar-refractivity contribution in [2.45, 2.75) is 13.5 Å². The fourth-order valence-corrected chi connectivity index (χ4v) is 3.44. The highest BCUT2D eigenvalue weighted by Gasteiger charge is 2.18. The number of primary amides is 1. The van der Waals surface area contributed by atoms with Crippen LogP contribution in [0.4, 0.5) is 5.69 Å². The van der Waals surface area contributed by atoms with E-state index >= 15 is 0 Å². The molecule has 33 heavy (non-hydrogen) atoms. The van der Waals surface area contributed by atoms with E-state index in [0.29, 0.717) is 40.3 Å². The summed E-state index contributed by atoms with van der Waals surface area (Å²) < 4.78 is 12.4. The zero-order valence-electron chi connectivity index (χ0n) is 18.2. The van der Waals surface area contributed by atoms with Gasteiger partial charge in [0.05, 0.1) is 30.0 Å². The monoisotopic (exact) mass is 445 g/mol. The molecule has 0 saturated carbocycles. The molecule has 2 amide bonds. The number of ether oxygens (including phenoxy) is 2. The quantitative estimate of drug-likeness (QED) is 0.429. The standard InChI is InChI=1S/C24H23N5O4/c1-3-29-23-18(13-26-29)17(12-19(28-23)15-7-5-4-6-8-15)24(31)27-16-9-10-20(32-2)21(11-16)33-14-22(25)30/h4-13H,3,14H2,1-2H3,(H2,25,30)(H,27,31). The summed E-state index contributed by atoms with van der Waals surface area (Å²) in [4.78, 5) is 29.2. The van der Waals surface area contributed by atoms with Crippen molar-refractivity contribution < 1.29 is 19.1 Å². The highest BCUT2D eigenvalue weighted by molar-refractivity contribution is 6.12. The van der Waals surface area contributed by atoms with Crippen LogP contribution in [0.2, 0.25) is 0 Å². The van der Waals surface area contributed by atoms with Gasteiger partial charge in [0.25, 0.3) is 11.8 Å². The molecule has 0 saturated heterocycles. The minimum absolute atomic E-state index is 0.290. The molecule has 0 atom stereocenters. The van der Waals surface area contributed by atoms with Gasteiger partial charge in [-0.05, 0) is 25.1 Å². The lowest BCUT2D eigenvalue weighted by atomic mass is 10.1. The van der Waals surface area contributed by atoms with Crippen LogP contribution >= 0.6 is 0 Å². The normalized spacial score (nSPS) is 10.7. The van der Waals surface area contributed by atoms with Gasteiger partial charge in [0.2, 0.25) is 0 Å². The number of benzene rings is 2. The van der Waals surface area contributed by atoms with E-state index in [1.54, 1.807) is 35.1 Å². The molecule has 0 fully saturated rings. The Labute approximate surface area is 190 Å². The Morgan fingerprint density at radius 2 is 1.88 bits per heavy atom. The number of anilines is 1. The zero-order valence-corrected chi connectivity index (χ0v) is 18.2. The summed E-state index contributed by atoms with van der Waals surface area (Å²) >= 11 is 0.